The first-order valence-corrected chi connectivity index (χ1v) is 6.48. The fraction of sp³-hybridized carbons (Fsp3) is 0.571. The Balaban J connectivity index is 2.03. The van der Waals surface area contributed by atoms with Crippen LogP contribution in [0.4, 0.5) is 0 Å². The number of hydrogen-bond donors (Lipinski definition) is 2. The van der Waals surface area contributed by atoms with Crippen LogP contribution in [0.15, 0.2) is 12.1 Å². The fourth-order valence-electron chi connectivity index (χ4n) is 2.13. The summed E-state index contributed by atoms with van der Waals surface area (Å²) in [4.78, 5) is 0. The quantitative estimate of drug-likeness (QED) is 0.772. The van der Waals surface area contributed by atoms with E-state index in [1.54, 1.807) is 21.3 Å². The molecule has 106 valence electrons. The van der Waals surface area contributed by atoms with Crippen LogP contribution in [-0.4, -0.2) is 41.0 Å². The summed E-state index contributed by atoms with van der Waals surface area (Å²) >= 11 is 0. The molecule has 0 unspecified atom stereocenters. The number of methoxy groups -OCH3 is 3. The van der Waals surface area contributed by atoms with Crippen LogP contribution in [0.3, 0.4) is 0 Å². The summed E-state index contributed by atoms with van der Waals surface area (Å²) in [5.41, 5.74) is 1.08. The first-order chi connectivity index (χ1) is 9.28. The van der Waals surface area contributed by atoms with Crippen LogP contribution < -0.4 is 24.8 Å². The van der Waals surface area contributed by atoms with Crippen LogP contribution in [0.5, 0.6) is 17.2 Å². The summed E-state index contributed by atoms with van der Waals surface area (Å²) in [5.74, 6) is 2.97. The zero-order valence-electron chi connectivity index (χ0n) is 11.8. The second kappa shape index (κ2) is 6.63. The first kappa shape index (κ1) is 14.0. The highest BCUT2D eigenvalue weighted by Crippen LogP contribution is 2.34. The van der Waals surface area contributed by atoms with Crippen molar-refractivity contribution in [2.75, 3.05) is 41.0 Å². The van der Waals surface area contributed by atoms with Crippen molar-refractivity contribution in [2.45, 2.75) is 6.54 Å². The molecule has 1 aliphatic heterocycles. The lowest BCUT2D eigenvalue weighted by Crippen LogP contribution is -2.47. The van der Waals surface area contributed by atoms with Crippen LogP contribution in [0.25, 0.3) is 0 Å². The maximum Gasteiger partial charge on any atom is 0.164 e. The van der Waals surface area contributed by atoms with E-state index in [4.69, 9.17) is 14.2 Å². The minimum absolute atomic E-state index is 0.686. The molecule has 0 spiro atoms. The molecule has 1 heterocycles. The second-order valence-corrected chi connectivity index (χ2v) is 4.67. The van der Waals surface area contributed by atoms with Gasteiger partial charge in [-0.15, -0.1) is 0 Å². The summed E-state index contributed by atoms with van der Waals surface area (Å²) in [6.07, 6.45) is 0. The van der Waals surface area contributed by atoms with E-state index in [9.17, 15) is 0 Å². The van der Waals surface area contributed by atoms with E-state index in [2.05, 4.69) is 10.6 Å². The molecule has 0 atom stereocenters. The lowest BCUT2D eigenvalue weighted by molar-refractivity contribution is 0.328. The van der Waals surface area contributed by atoms with E-state index in [-0.39, 0.29) is 0 Å². The van der Waals surface area contributed by atoms with Gasteiger partial charge in [-0.1, -0.05) is 0 Å². The van der Waals surface area contributed by atoms with E-state index in [1.807, 2.05) is 12.1 Å². The standard InChI is InChI=1S/C14H22N2O3/c1-17-12-5-14(19-3)13(18-2)4-11(12)9-16-8-10-6-15-7-10/h4-5,10,15-16H,6-9H2,1-3H3. The highest BCUT2D eigenvalue weighted by Gasteiger charge is 2.16. The van der Waals surface area contributed by atoms with Gasteiger partial charge in [0.1, 0.15) is 5.75 Å². The third-order valence-corrected chi connectivity index (χ3v) is 3.40. The van der Waals surface area contributed by atoms with Crippen molar-refractivity contribution in [1.29, 1.82) is 0 Å². The summed E-state index contributed by atoms with van der Waals surface area (Å²) in [5, 5.41) is 6.72. The molecule has 0 radical (unpaired) electrons. The van der Waals surface area contributed by atoms with Crippen molar-refractivity contribution in [1.82, 2.24) is 10.6 Å². The first-order valence-electron chi connectivity index (χ1n) is 6.48. The highest BCUT2D eigenvalue weighted by atomic mass is 16.5. The molecule has 0 amide bonds. The molecule has 1 aliphatic rings. The van der Waals surface area contributed by atoms with Crippen LogP contribution in [0.2, 0.25) is 0 Å². The summed E-state index contributed by atoms with van der Waals surface area (Å²) < 4.78 is 16.0. The summed E-state index contributed by atoms with van der Waals surface area (Å²) in [7, 11) is 4.93. The van der Waals surface area contributed by atoms with Gasteiger partial charge in [0.05, 0.1) is 21.3 Å². The maximum atomic E-state index is 5.40. The Bertz CT molecular complexity index is 419. The molecule has 0 aromatic heterocycles. The van der Waals surface area contributed by atoms with Crippen molar-refractivity contribution in [2.24, 2.45) is 5.92 Å². The van der Waals surface area contributed by atoms with E-state index in [1.165, 1.54) is 0 Å². The van der Waals surface area contributed by atoms with E-state index >= 15 is 0 Å². The van der Waals surface area contributed by atoms with E-state index < -0.39 is 0 Å². The third-order valence-electron chi connectivity index (χ3n) is 3.40. The lowest BCUT2D eigenvalue weighted by Gasteiger charge is -2.27. The lowest BCUT2D eigenvalue weighted by atomic mass is 10.0. The van der Waals surface area contributed by atoms with E-state index in [0.29, 0.717) is 5.75 Å². The van der Waals surface area contributed by atoms with Crippen LogP contribution in [-0.2, 0) is 6.54 Å². The minimum Gasteiger partial charge on any atom is -0.496 e. The Morgan fingerprint density at radius 2 is 1.68 bits per heavy atom. The minimum atomic E-state index is 0.686. The molecule has 5 nitrogen and oxygen atoms in total. The summed E-state index contributed by atoms with van der Waals surface area (Å²) in [6, 6.07) is 3.82. The molecular formula is C14H22N2O3. The van der Waals surface area contributed by atoms with Gasteiger partial charge in [0.15, 0.2) is 11.5 Å². The zero-order valence-corrected chi connectivity index (χ0v) is 11.8. The van der Waals surface area contributed by atoms with Gasteiger partial charge in [0.25, 0.3) is 0 Å². The van der Waals surface area contributed by atoms with Gasteiger partial charge < -0.3 is 24.8 Å². The molecule has 2 N–H and O–H groups in total. The Kier molecular flexibility index (Phi) is 4.87. The average molecular weight is 266 g/mol. The summed E-state index contributed by atoms with van der Waals surface area (Å²) in [6.45, 7) is 4.00. The third kappa shape index (κ3) is 3.30. The van der Waals surface area contributed by atoms with Gasteiger partial charge in [-0.3, -0.25) is 0 Å². The number of ether oxygens (including phenoxy) is 3. The molecule has 19 heavy (non-hydrogen) atoms. The number of benzene rings is 1. The molecule has 0 aliphatic carbocycles. The van der Waals surface area contributed by atoms with Gasteiger partial charge in [-0.05, 0) is 12.0 Å². The van der Waals surface area contributed by atoms with Crippen molar-refractivity contribution < 1.29 is 14.2 Å². The average Bonchev–Trinajstić information content (AvgIpc) is 2.40. The normalized spacial score (nSPS) is 14.9. The predicted octanol–water partition coefficient (Wildman–Crippen LogP) is 1.02. The van der Waals surface area contributed by atoms with Crippen LogP contribution >= 0.6 is 0 Å². The fourth-order valence-corrected chi connectivity index (χ4v) is 2.13. The zero-order chi connectivity index (χ0) is 13.7. The Morgan fingerprint density at radius 1 is 1.05 bits per heavy atom. The largest absolute Gasteiger partial charge is 0.496 e. The molecule has 5 heteroatoms. The molecule has 0 saturated carbocycles. The SMILES string of the molecule is COc1cc(OC)c(OC)cc1CNCC1CNC1. The van der Waals surface area contributed by atoms with Crippen molar-refractivity contribution in [3.05, 3.63) is 17.7 Å². The highest BCUT2D eigenvalue weighted by molar-refractivity contribution is 5.50. The molecule has 2 rings (SSSR count). The number of hydrogen-bond acceptors (Lipinski definition) is 5. The van der Waals surface area contributed by atoms with Crippen molar-refractivity contribution in [3.63, 3.8) is 0 Å². The molecule has 1 aromatic rings. The van der Waals surface area contributed by atoms with Gasteiger partial charge in [0.2, 0.25) is 0 Å². The smallest absolute Gasteiger partial charge is 0.164 e. The van der Waals surface area contributed by atoms with Gasteiger partial charge in [-0.25, -0.2) is 0 Å². The maximum absolute atomic E-state index is 5.40. The van der Waals surface area contributed by atoms with Gasteiger partial charge >= 0.3 is 0 Å². The number of nitrogens with one attached hydrogen (secondary N) is 2. The van der Waals surface area contributed by atoms with Crippen LogP contribution in [0, 0.1) is 5.92 Å². The number of rotatable bonds is 7. The van der Waals surface area contributed by atoms with Crippen molar-refractivity contribution >= 4 is 0 Å². The molecule has 0 bridgehead atoms. The Labute approximate surface area is 114 Å². The second-order valence-electron chi connectivity index (χ2n) is 4.67. The molecule has 1 aromatic carbocycles. The molecule has 1 saturated heterocycles. The Morgan fingerprint density at radius 3 is 2.21 bits per heavy atom. The molecular weight excluding hydrogens is 244 g/mol. The van der Waals surface area contributed by atoms with Crippen molar-refractivity contribution in [3.8, 4) is 17.2 Å². The van der Waals surface area contributed by atoms with Crippen LogP contribution in [0.1, 0.15) is 5.56 Å². The monoisotopic (exact) mass is 266 g/mol. The van der Waals surface area contributed by atoms with Gasteiger partial charge in [-0.2, -0.15) is 0 Å². The topological polar surface area (TPSA) is 51.8 Å². The van der Waals surface area contributed by atoms with E-state index in [0.717, 1.165) is 49.2 Å². The Hall–Kier alpha value is -1.46. The van der Waals surface area contributed by atoms with Gasteiger partial charge in [0, 0.05) is 37.8 Å². The predicted molar refractivity (Wildman–Crippen MR) is 74.2 cm³/mol. The molecule has 1 fully saturated rings.